The van der Waals surface area contributed by atoms with E-state index in [-0.39, 0.29) is 34.6 Å². The predicted octanol–water partition coefficient (Wildman–Crippen LogP) is 5.17. The van der Waals surface area contributed by atoms with Crippen molar-refractivity contribution in [1.82, 2.24) is 15.5 Å². The van der Waals surface area contributed by atoms with E-state index in [1.165, 1.54) is 63.2 Å². The van der Waals surface area contributed by atoms with Crippen LogP contribution in [0.5, 0.6) is 11.5 Å². The van der Waals surface area contributed by atoms with Gasteiger partial charge in [0.05, 0.1) is 17.1 Å². The zero-order valence-corrected chi connectivity index (χ0v) is 25.2. The number of ether oxygens (including phenoxy) is 1. The summed E-state index contributed by atoms with van der Waals surface area (Å²) in [4.78, 5) is 27.7. The van der Waals surface area contributed by atoms with Crippen molar-refractivity contribution in [2.75, 3.05) is 30.9 Å². The van der Waals surface area contributed by atoms with Crippen LogP contribution in [0.25, 0.3) is 0 Å². The molecule has 5 rings (SSSR count). The zero-order valence-electron chi connectivity index (χ0n) is 24.3. The second kappa shape index (κ2) is 14.5. The Kier molecular flexibility index (Phi) is 10.3. The van der Waals surface area contributed by atoms with Crippen LogP contribution >= 0.6 is 0 Å². The van der Waals surface area contributed by atoms with Gasteiger partial charge in [-0.3, -0.25) is 14.3 Å². The first-order valence-corrected chi connectivity index (χ1v) is 16.6. The molecule has 2 fully saturated rings. The number of sulfonamides is 1. The van der Waals surface area contributed by atoms with Crippen molar-refractivity contribution in [1.29, 1.82) is 0 Å². The molecule has 1 heterocycles. The largest absolute Gasteiger partial charge is 0.455 e. The van der Waals surface area contributed by atoms with E-state index in [2.05, 4.69) is 20.3 Å². The molecule has 2 aliphatic rings. The monoisotopic (exact) mass is 604 g/mol. The van der Waals surface area contributed by atoms with Crippen LogP contribution < -0.4 is 20.1 Å². The maximum absolute atomic E-state index is 13.1. The molecule has 9 nitrogen and oxygen atoms in total. The Morgan fingerprint density at radius 1 is 0.837 bits per heavy atom. The molecule has 228 valence electrons. The molecule has 10 heteroatoms. The Hall–Kier alpha value is -3.89. The van der Waals surface area contributed by atoms with Gasteiger partial charge in [0.1, 0.15) is 5.75 Å². The Morgan fingerprint density at radius 2 is 1.51 bits per heavy atom. The molecule has 43 heavy (non-hydrogen) atoms. The number of hydrogen-bond acceptors (Lipinski definition) is 6. The van der Waals surface area contributed by atoms with Crippen molar-refractivity contribution in [2.24, 2.45) is 5.92 Å². The normalized spacial score (nSPS) is 19.0. The van der Waals surface area contributed by atoms with Gasteiger partial charge in [-0.1, -0.05) is 30.3 Å². The van der Waals surface area contributed by atoms with Gasteiger partial charge in [0.25, 0.3) is 15.9 Å². The number of carbonyl (C=O) groups excluding carboxylic acids is 2. The highest BCUT2D eigenvalue weighted by Gasteiger charge is 2.24. The number of nitrogens with zero attached hydrogens (tertiary/aromatic N) is 1. The van der Waals surface area contributed by atoms with Crippen LogP contribution in [-0.4, -0.2) is 57.4 Å². The number of rotatable bonds is 12. The molecule has 0 bridgehead atoms. The van der Waals surface area contributed by atoms with Crippen LogP contribution in [0.4, 0.5) is 5.69 Å². The summed E-state index contributed by atoms with van der Waals surface area (Å²) in [5, 5.41) is 5.69. The van der Waals surface area contributed by atoms with Crippen LogP contribution in [0.2, 0.25) is 0 Å². The fourth-order valence-corrected chi connectivity index (χ4v) is 6.82. The van der Waals surface area contributed by atoms with Crippen molar-refractivity contribution in [3.63, 3.8) is 0 Å². The number of hydrogen-bond donors (Lipinski definition) is 3. The molecule has 3 aromatic rings. The summed E-state index contributed by atoms with van der Waals surface area (Å²) in [6, 6.07) is 21.6. The highest BCUT2D eigenvalue weighted by atomic mass is 32.2. The van der Waals surface area contributed by atoms with Crippen molar-refractivity contribution < 1.29 is 22.7 Å². The maximum atomic E-state index is 13.1. The van der Waals surface area contributed by atoms with Crippen molar-refractivity contribution in [3.8, 4) is 11.5 Å². The van der Waals surface area contributed by atoms with E-state index in [0.717, 1.165) is 31.6 Å². The van der Waals surface area contributed by atoms with Crippen LogP contribution in [0.3, 0.4) is 0 Å². The van der Waals surface area contributed by atoms with Gasteiger partial charge >= 0.3 is 0 Å². The minimum absolute atomic E-state index is 0.00709. The number of nitrogens with one attached hydrogen (secondary N) is 3. The summed E-state index contributed by atoms with van der Waals surface area (Å²) in [5.74, 6) is 1.01. The van der Waals surface area contributed by atoms with E-state index in [4.69, 9.17) is 4.74 Å². The second-order valence-corrected chi connectivity index (χ2v) is 13.0. The van der Waals surface area contributed by atoms with Gasteiger partial charge in [0.2, 0.25) is 5.91 Å². The fraction of sp³-hybridized carbons (Fsp3) is 0.394. The minimum Gasteiger partial charge on any atom is -0.455 e. The first-order valence-electron chi connectivity index (χ1n) is 15.1. The zero-order chi connectivity index (χ0) is 30.1. The number of carbonyl (C=O) groups is 2. The van der Waals surface area contributed by atoms with Crippen molar-refractivity contribution in [3.05, 3.63) is 84.4 Å². The lowest BCUT2D eigenvalue weighted by Gasteiger charge is -2.30. The molecule has 1 aliphatic heterocycles. The van der Waals surface area contributed by atoms with E-state index in [0.29, 0.717) is 11.5 Å². The molecule has 1 saturated carbocycles. The minimum atomic E-state index is -3.95. The number of likely N-dealkylation sites (tertiary alicyclic amines) is 1. The summed E-state index contributed by atoms with van der Waals surface area (Å²) in [5.41, 5.74) is 0.549. The lowest BCUT2D eigenvalue weighted by molar-refractivity contribution is -0.121. The average Bonchev–Trinajstić information content (AvgIpc) is 3.55. The van der Waals surface area contributed by atoms with Gasteiger partial charge < -0.3 is 20.3 Å². The van der Waals surface area contributed by atoms with E-state index < -0.39 is 15.9 Å². The molecule has 1 aliphatic carbocycles. The SMILES string of the molecule is O=C(CNC(=O)c1ccc(S(=O)(=O)Nc2ccccc2Oc2ccccc2)cc1)NC1CCC(CCN2CCCC2)CC1. The van der Waals surface area contributed by atoms with Crippen molar-refractivity contribution in [2.45, 2.75) is 55.9 Å². The predicted molar refractivity (Wildman–Crippen MR) is 167 cm³/mol. The lowest BCUT2D eigenvalue weighted by atomic mass is 9.84. The summed E-state index contributed by atoms with van der Waals surface area (Å²) in [7, 11) is -3.95. The van der Waals surface area contributed by atoms with Gasteiger partial charge in [-0.15, -0.1) is 0 Å². The van der Waals surface area contributed by atoms with Crippen LogP contribution in [0.15, 0.2) is 83.8 Å². The molecule has 3 aromatic carbocycles. The maximum Gasteiger partial charge on any atom is 0.262 e. The Morgan fingerprint density at radius 3 is 2.23 bits per heavy atom. The highest BCUT2D eigenvalue weighted by molar-refractivity contribution is 7.92. The lowest BCUT2D eigenvalue weighted by Crippen LogP contribution is -2.43. The number of benzene rings is 3. The van der Waals surface area contributed by atoms with E-state index in [1.807, 2.05) is 18.2 Å². The quantitative estimate of drug-likeness (QED) is 0.263. The fourth-order valence-electron chi connectivity index (χ4n) is 5.75. The van der Waals surface area contributed by atoms with Gasteiger partial charge in [-0.2, -0.15) is 0 Å². The molecular formula is C33H40N4O5S. The van der Waals surface area contributed by atoms with Gasteiger partial charge in [0, 0.05) is 11.6 Å². The van der Waals surface area contributed by atoms with Crippen molar-refractivity contribution >= 4 is 27.5 Å². The second-order valence-electron chi connectivity index (χ2n) is 11.3. The summed E-state index contributed by atoms with van der Waals surface area (Å²) < 4.78 is 34.6. The van der Waals surface area contributed by atoms with Crippen LogP contribution in [-0.2, 0) is 14.8 Å². The summed E-state index contributed by atoms with van der Waals surface area (Å²) >= 11 is 0. The van der Waals surface area contributed by atoms with E-state index >= 15 is 0 Å². The molecule has 1 saturated heterocycles. The van der Waals surface area contributed by atoms with Gasteiger partial charge in [-0.05, 0) is 119 Å². The number of anilines is 1. The van der Waals surface area contributed by atoms with E-state index in [9.17, 15) is 18.0 Å². The van der Waals surface area contributed by atoms with Crippen LogP contribution in [0.1, 0.15) is 55.3 Å². The molecule has 2 amide bonds. The molecule has 0 aromatic heterocycles. The van der Waals surface area contributed by atoms with Crippen LogP contribution in [0, 0.1) is 5.92 Å². The first-order chi connectivity index (χ1) is 20.9. The Bertz CT molecular complexity index is 1470. The topological polar surface area (TPSA) is 117 Å². The first kappa shape index (κ1) is 30.6. The Balaban J connectivity index is 1.07. The molecule has 0 radical (unpaired) electrons. The third-order valence-electron chi connectivity index (χ3n) is 8.20. The number of para-hydroxylation sites is 3. The smallest absolute Gasteiger partial charge is 0.262 e. The van der Waals surface area contributed by atoms with Gasteiger partial charge in [-0.25, -0.2) is 8.42 Å². The molecule has 0 atom stereocenters. The summed E-state index contributed by atoms with van der Waals surface area (Å²) in [6.45, 7) is 3.53. The average molecular weight is 605 g/mol. The molecule has 3 N–H and O–H groups in total. The number of amides is 2. The third-order valence-corrected chi connectivity index (χ3v) is 9.58. The highest BCUT2D eigenvalue weighted by Crippen LogP contribution is 2.31. The Labute approximate surface area is 254 Å². The van der Waals surface area contributed by atoms with E-state index in [1.54, 1.807) is 36.4 Å². The molecule has 0 unspecified atom stereocenters. The molecule has 0 spiro atoms. The third kappa shape index (κ3) is 8.81. The summed E-state index contributed by atoms with van der Waals surface area (Å²) in [6.07, 6.45) is 8.07. The van der Waals surface area contributed by atoms with Gasteiger partial charge in [0.15, 0.2) is 5.75 Å². The molecular weight excluding hydrogens is 564 g/mol. The standard InChI is InChI=1S/C33H40N4O5S/c38-32(35-27-16-12-25(13-17-27)20-23-37-21-6-7-22-37)24-34-33(39)26-14-18-29(19-15-26)43(40,41)36-30-10-4-5-11-31(30)42-28-8-2-1-3-9-28/h1-5,8-11,14-15,18-19,25,27,36H,6-7,12-13,16-17,20-24H2,(H,34,39)(H,35,38).